The molecule has 3 rings (SSSR count). The minimum atomic E-state index is -0.422. The molecule has 0 spiro atoms. The van der Waals surface area contributed by atoms with Crippen LogP contribution in [0.25, 0.3) is 0 Å². The summed E-state index contributed by atoms with van der Waals surface area (Å²) in [5.74, 6) is -0.189. The van der Waals surface area contributed by atoms with Crippen molar-refractivity contribution in [1.82, 2.24) is 0 Å². The van der Waals surface area contributed by atoms with E-state index in [1.807, 2.05) is 67.6 Å². The number of ether oxygens (including phenoxy) is 2. The quantitative estimate of drug-likeness (QED) is 0.472. The molecule has 0 atom stereocenters. The molecule has 0 radical (unpaired) electrons. The number of amides is 1. The largest absolute Gasteiger partial charge is 0.492 e. The van der Waals surface area contributed by atoms with Crippen LogP contribution in [0.1, 0.15) is 47.7 Å². The van der Waals surface area contributed by atoms with Gasteiger partial charge in [-0.05, 0) is 43.2 Å². The summed E-state index contributed by atoms with van der Waals surface area (Å²) in [4.78, 5) is 25.0. The lowest BCUT2D eigenvalue weighted by Crippen LogP contribution is -2.17. The zero-order valence-corrected chi connectivity index (χ0v) is 17.8. The van der Waals surface area contributed by atoms with E-state index in [1.54, 1.807) is 25.1 Å². The third kappa shape index (κ3) is 5.95. The highest BCUT2D eigenvalue weighted by Gasteiger charge is 2.20. The Morgan fingerprint density at radius 1 is 0.839 bits per heavy atom. The standard InChI is InChI=1S/C26H27NO4/c1-3-30-24-17-21(26(29)31-4-2)15-16-23(24)27-25(28)18-22(19-11-7-5-8-12-19)20-13-9-6-10-14-20/h5-17,22H,3-4,18H2,1-2H3,(H,27,28). The molecule has 1 N–H and O–H groups in total. The van der Waals surface area contributed by atoms with Gasteiger partial charge < -0.3 is 14.8 Å². The Morgan fingerprint density at radius 3 is 2.00 bits per heavy atom. The van der Waals surface area contributed by atoms with Crippen molar-refractivity contribution < 1.29 is 19.1 Å². The summed E-state index contributed by atoms with van der Waals surface area (Å²) in [7, 11) is 0. The number of rotatable bonds is 9. The molecule has 0 heterocycles. The van der Waals surface area contributed by atoms with E-state index in [2.05, 4.69) is 5.32 Å². The van der Waals surface area contributed by atoms with Crippen LogP contribution >= 0.6 is 0 Å². The molecule has 160 valence electrons. The second-order valence-corrected chi connectivity index (χ2v) is 6.99. The summed E-state index contributed by atoms with van der Waals surface area (Å²) in [5, 5.41) is 2.95. The van der Waals surface area contributed by atoms with Crippen molar-refractivity contribution in [2.45, 2.75) is 26.2 Å². The highest BCUT2D eigenvalue weighted by molar-refractivity contribution is 5.95. The van der Waals surface area contributed by atoms with Gasteiger partial charge in [0.1, 0.15) is 5.75 Å². The van der Waals surface area contributed by atoms with E-state index in [9.17, 15) is 9.59 Å². The molecule has 0 aliphatic carbocycles. The van der Waals surface area contributed by atoms with Gasteiger partial charge in [-0.1, -0.05) is 60.7 Å². The van der Waals surface area contributed by atoms with Crippen LogP contribution in [0.2, 0.25) is 0 Å². The number of hydrogen-bond donors (Lipinski definition) is 1. The molecule has 3 aromatic rings. The van der Waals surface area contributed by atoms with E-state index in [0.717, 1.165) is 11.1 Å². The Morgan fingerprint density at radius 2 is 1.45 bits per heavy atom. The Balaban J connectivity index is 1.81. The van der Waals surface area contributed by atoms with Crippen molar-refractivity contribution in [2.75, 3.05) is 18.5 Å². The van der Waals surface area contributed by atoms with Gasteiger partial charge in [-0.2, -0.15) is 0 Å². The Bertz CT molecular complexity index is 963. The van der Waals surface area contributed by atoms with Gasteiger partial charge in [0, 0.05) is 12.3 Å². The van der Waals surface area contributed by atoms with Gasteiger partial charge in [-0.15, -0.1) is 0 Å². The maximum atomic E-state index is 13.0. The van der Waals surface area contributed by atoms with Gasteiger partial charge in [0.05, 0.1) is 24.5 Å². The van der Waals surface area contributed by atoms with Crippen LogP contribution in [-0.4, -0.2) is 25.1 Å². The normalized spacial score (nSPS) is 10.5. The summed E-state index contributed by atoms with van der Waals surface area (Å²) >= 11 is 0. The molecule has 0 unspecified atom stereocenters. The van der Waals surface area contributed by atoms with Crippen molar-refractivity contribution in [2.24, 2.45) is 0 Å². The molecular formula is C26H27NO4. The van der Waals surface area contributed by atoms with Gasteiger partial charge in [0.25, 0.3) is 0 Å². The summed E-state index contributed by atoms with van der Waals surface area (Å²) in [5.41, 5.74) is 3.06. The maximum absolute atomic E-state index is 13.0. The predicted octanol–water partition coefficient (Wildman–Crippen LogP) is 5.42. The van der Waals surface area contributed by atoms with Crippen LogP contribution in [0.15, 0.2) is 78.9 Å². The first-order chi connectivity index (χ1) is 15.1. The fourth-order valence-corrected chi connectivity index (χ4v) is 3.43. The highest BCUT2D eigenvalue weighted by atomic mass is 16.5. The van der Waals surface area contributed by atoms with E-state index in [4.69, 9.17) is 9.47 Å². The third-order valence-electron chi connectivity index (χ3n) is 4.86. The Labute approximate surface area is 183 Å². The summed E-state index contributed by atoms with van der Waals surface area (Å²) < 4.78 is 10.7. The number of hydrogen-bond acceptors (Lipinski definition) is 4. The predicted molar refractivity (Wildman–Crippen MR) is 122 cm³/mol. The van der Waals surface area contributed by atoms with Gasteiger partial charge >= 0.3 is 5.97 Å². The van der Waals surface area contributed by atoms with E-state index < -0.39 is 5.97 Å². The molecule has 0 aliphatic heterocycles. The topological polar surface area (TPSA) is 64.6 Å². The molecule has 0 aliphatic rings. The molecule has 0 bridgehead atoms. The van der Waals surface area contributed by atoms with Crippen LogP contribution in [-0.2, 0) is 9.53 Å². The second kappa shape index (κ2) is 11.0. The van der Waals surface area contributed by atoms with Crippen LogP contribution in [0, 0.1) is 0 Å². The van der Waals surface area contributed by atoms with Gasteiger partial charge in [-0.3, -0.25) is 4.79 Å². The molecular weight excluding hydrogens is 390 g/mol. The summed E-state index contributed by atoms with van der Waals surface area (Å²) in [6.07, 6.45) is 0.277. The summed E-state index contributed by atoms with van der Waals surface area (Å²) in [6.45, 7) is 4.31. The van der Waals surface area contributed by atoms with Crippen molar-refractivity contribution in [3.05, 3.63) is 95.6 Å². The SMILES string of the molecule is CCOC(=O)c1ccc(NC(=O)CC(c2ccccc2)c2ccccc2)c(OCC)c1. The minimum absolute atomic E-state index is 0.0725. The fraction of sp³-hybridized carbons (Fsp3) is 0.231. The Hall–Kier alpha value is -3.60. The highest BCUT2D eigenvalue weighted by Crippen LogP contribution is 2.30. The monoisotopic (exact) mass is 417 g/mol. The van der Waals surface area contributed by atoms with Crippen molar-refractivity contribution in [3.8, 4) is 5.75 Å². The molecule has 0 aromatic heterocycles. The molecule has 5 nitrogen and oxygen atoms in total. The second-order valence-electron chi connectivity index (χ2n) is 6.99. The van der Waals surface area contributed by atoms with Crippen LogP contribution in [0.5, 0.6) is 5.75 Å². The number of anilines is 1. The molecule has 3 aromatic carbocycles. The number of carbonyl (C=O) groups excluding carboxylic acids is 2. The van der Waals surface area contributed by atoms with E-state index in [1.165, 1.54) is 0 Å². The molecule has 1 amide bonds. The number of benzene rings is 3. The van der Waals surface area contributed by atoms with E-state index in [-0.39, 0.29) is 18.2 Å². The lowest BCUT2D eigenvalue weighted by atomic mass is 9.88. The first-order valence-corrected chi connectivity index (χ1v) is 10.5. The first-order valence-electron chi connectivity index (χ1n) is 10.5. The minimum Gasteiger partial charge on any atom is -0.492 e. The Kier molecular flexibility index (Phi) is 7.82. The van der Waals surface area contributed by atoms with Crippen molar-refractivity contribution in [3.63, 3.8) is 0 Å². The molecule has 0 saturated heterocycles. The van der Waals surface area contributed by atoms with Gasteiger partial charge in [-0.25, -0.2) is 4.79 Å². The molecule has 31 heavy (non-hydrogen) atoms. The van der Waals surface area contributed by atoms with E-state index >= 15 is 0 Å². The summed E-state index contributed by atoms with van der Waals surface area (Å²) in [6, 6.07) is 24.9. The molecule has 0 fully saturated rings. The fourth-order valence-electron chi connectivity index (χ4n) is 3.43. The molecule has 5 heteroatoms. The third-order valence-corrected chi connectivity index (χ3v) is 4.86. The average Bonchev–Trinajstić information content (AvgIpc) is 2.80. The maximum Gasteiger partial charge on any atom is 0.338 e. The number of carbonyl (C=O) groups is 2. The van der Waals surface area contributed by atoms with Crippen LogP contribution < -0.4 is 10.1 Å². The average molecular weight is 418 g/mol. The first kappa shape index (κ1) is 22.1. The number of nitrogens with one attached hydrogen (secondary N) is 1. The zero-order valence-electron chi connectivity index (χ0n) is 17.8. The lowest BCUT2D eigenvalue weighted by Gasteiger charge is -2.19. The lowest BCUT2D eigenvalue weighted by molar-refractivity contribution is -0.116. The smallest absolute Gasteiger partial charge is 0.338 e. The van der Waals surface area contributed by atoms with Crippen molar-refractivity contribution in [1.29, 1.82) is 0 Å². The zero-order chi connectivity index (χ0) is 22.1. The van der Waals surface area contributed by atoms with E-state index in [0.29, 0.717) is 30.2 Å². The molecule has 0 saturated carbocycles. The number of esters is 1. The van der Waals surface area contributed by atoms with Gasteiger partial charge in [0.15, 0.2) is 0 Å². The van der Waals surface area contributed by atoms with Crippen LogP contribution in [0.3, 0.4) is 0 Å². The van der Waals surface area contributed by atoms with Crippen molar-refractivity contribution >= 4 is 17.6 Å². The van der Waals surface area contributed by atoms with Crippen LogP contribution in [0.4, 0.5) is 5.69 Å². The van der Waals surface area contributed by atoms with Gasteiger partial charge in [0.2, 0.25) is 5.91 Å².